The molecule has 0 saturated heterocycles. The summed E-state index contributed by atoms with van der Waals surface area (Å²) >= 11 is 0. The van der Waals surface area contributed by atoms with E-state index in [0.29, 0.717) is 11.5 Å². The molecule has 0 aliphatic rings. The van der Waals surface area contributed by atoms with Gasteiger partial charge in [0.1, 0.15) is 11.5 Å². The van der Waals surface area contributed by atoms with E-state index >= 15 is 0 Å². The molecule has 0 atom stereocenters. The summed E-state index contributed by atoms with van der Waals surface area (Å²) in [6, 6.07) is 11.5. The third-order valence-corrected chi connectivity index (χ3v) is 3.57. The highest BCUT2D eigenvalue weighted by molar-refractivity contribution is 5.93. The topological polar surface area (TPSA) is 90.7 Å². The number of rotatable bonds is 7. The molecule has 0 radical (unpaired) electrons. The minimum absolute atomic E-state index is 0.137. The smallest absolute Gasteiger partial charge is 0.271 e. The van der Waals surface area contributed by atoms with Crippen LogP contribution in [0.1, 0.15) is 25.3 Å². The molecule has 2 aromatic carbocycles. The number of nitrogens with zero attached hydrogens (tertiary/aromatic N) is 1. The van der Waals surface area contributed by atoms with Crippen molar-refractivity contribution in [1.82, 2.24) is 0 Å². The van der Waals surface area contributed by atoms with Gasteiger partial charge in [0.25, 0.3) is 11.6 Å². The quantitative estimate of drug-likeness (QED) is 0.610. The van der Waals surface area contributed by atoms with E-state index in [1.165, 1.54) is 25.3 Å². The van der Waals surface area contributed by atoms with Gasteiger partial charge in [0.15, 0.2) is 6.61 Å². The van der Waals surface area contributed by atoms with Crippen molar-refractivity contribution < 1.29 is 19.2 Å². The zero-order valence-corrected chi connectivity index (χ0v) is 14.3. The number of benzene rings is 2. The minimum Gasteiger partial charge on any atom is -0.495 e. The number of ether oxygens (including phenoxy) is 2. The monoisotopic (exact) mass is 344 g/mol. The maximum Gasteiger partial charge on any atom is 0.271 e. The van der Waals surface area contributed by atoms with Crippen molar-refractivity contribution in [2.45, 2.75) is 19.8 Å². The van der Waals surface area contributed by atoms with Gasteiger partial charge >= 0.3 is 0 Å². The fraction of sp³-hybridized carbons (Fsp3) is 0.278. The molecular formula is C18H20N2O5. The number of carbonyl (C=O) groups excluding carboxylic acids is 1. The van der Waals surface area contributed by atoms with Crippen LogP contribution in [0.2, 0.25) is 0 Å². The predicted molar refractivity (Wildman–Crippen MR) is 94.3 cm³/mol. The van der Waals surface area contributed by atoms with Gasteiger partial charge in [-0.3, -0.25) is 14.9 Å². The summed E-state index contributed by atoms with van der Waals surface area (Å²) in [5.41, 5.74) is 1.09. The number of non-ortho nitro benzene ring substituents is 1. The number of nitro groups is 1. The van der Waals surface area contributed by atoms with Crippen molar-refractivity contribution >= 4 is 17.3 Å². The molecule has 0 fully saturated rings. The first-order valence-corrected chi connectivity index (χ1v) is 7.76. The molecule has 0 saturated carbocycles. The van der Waals surface area contributed by atoms with Gasteiger partial charge < -0.3 is 14.8 Å². The molecule has 25 heavy (non-hydrogen) atoms. The van der Waals surface area contributed by atoms with Crippen molar-refractivity contribution in [3.05, 3.63) is 58.1 Å². The summed E-state index contributed by atoms with van der Waals surface area (Å²) < 4.78 is 10.7. The third-order valence-electron chi connectivity index (χ3n) is 3.57. The van der Waals surface area contributed by atoms with Gasteiger partial charge in [0.05, 0.1) is 17.7 Å². The molecule has 2 rings (SSSR count). The lowest BCUT2D eigenvalue weighted by Crippen LogP contribution is -2.21. The van der Waals surface area contributed by atoms with Crippen LogP contribution in [0.25, 0.3) is 0 Å². The average molecular weight is 344 g/mol. The molecule has 1 N–H and O–H groups in total. The van der Waals surface area contributed by atoms with Crippen molar-refractivity contribution in [3.63, 3.8) is 0 Å². The summed E-state index contributed by atoms with van der Waals surface area (Å²) in [4.78, 5) is 22.5. The molecule has 0 aliphatic carbocycles. The fourth-order valence-corrected chi connectivity index (χ4v) is 2.33. The Kier molecular flexibility index (Phi) is 5.94. The molecule has 0 unspecified atom stereocenters. The second kappa shape index (κ2) is 8.14. The lowest BCUT2D eigenvalue weighted by atomic mass is 10.0. The highest BCUT2D eigenvalue weighted by Gasteiger charge is 2.15. The number of hydrogen-bond acceptors (Lipinski definition) is 5. The standard InChI is InChI=1S/C18H20N2O5/c1-12(2)14-6-4-5-7-16(14)25-11-18(21)19-15-10-13(20(22)23)8-9-17(15)24-3/h4-10,12H,11H2,1-3H3,(H,19,21). The van der Waals surface area contributed by atoms with Crippen LogP contribution < -0.4 is 14.8 Å². The highest BCUT2D eigenvalue weighted by atomic mass is 16.6. The Morgan fingerprint density at radius 2 is 1.92 bits per heavy atom. The maximum atomic E-state index is 12.2. The van der Waals surface area contributed by atoms with Crippen LogP contribution in [0.4, 0.5) is 11.4 Å². The normalized spacial score (nSPS) is 10.4. The van der Waals surface area contributed by atoms with Crippen LogP contribution in [0.5, 0.6) is 11.5 Å². The van der Waals surface area contributed by atoms with Gasteiger partial charge in [-0.15, -0.1) is 0 Å². The van der Waals surface area contributed by atoms with Crippen LogP contribution in [-0.2, 0) is 4.79 Å². The second-order valence-corrected chi connectivity index (χ2v) is 5.67. The number of carbonyl (C=O) groups is 1. The average Bonchev–Trinajstić information content (AvgIpc) is 2.60. The van der Waals surface area contributed by atoms with E-state index in [0.717, 1.165) is 5.56 Å². The van der Waals surface area contributed by atoms with Gasteiger partial charge in [-0.2, -0.15) is 0 Å². The number of amides is 1. The van der Waals surface area contributed by atoms with Crippen molar-refractivity contribution in [3.8, 4) is 11.5 Å². The van der Waals surface area contributed by atoms with E-state index in [9.17, 15) is 14.9 Å². The zero-order chi connectivity index (χ0) is 18.4. The van der Waals surface area contributed by atoms with E-state index in [2.05, 4.69) is 5.32 Å². The van der Waals surface area contributed by atoms with E-state index in [1.54, 1.807) is 6.07 Å². The Morgan fingerprint density at radius 3 is 2.56 bits per heavy atom. The van der Waals surface area contributed by atoms with Crippen LogP contribution in [0.3, 0.4) is 0 Å². The first kappa shape index (κ1) is 18.3. The third kappa shape index (κ3) is 4.69. The lowest BCUT2D eigenvalue weighted by Gasteiger charge is -2.14. The van der Waals surface area contributed by atoms with Crippen LogP contribution in [0, 0.1) is 10.1 Å². The molecule has 1 amide bonds. The number of hydrogen-bond donors (Lipinski definition) is 1. The summed E-state index contributed by atoms with van der Waals surface area (Å²) in [5, 5.41) is 13.5. The summed E-state index contributed by atoms with van der Waals surface area (Å²) in [7, 11) is 1.42. The summed E-state index contributed by atoms with van der Waals surface area (Å²) in [6.45, 7) is 3.86. The molecular weight excluding hydrogens is 324 g/mol. The molecule has 7 heteroatoms. The Labute approximate surface area is 145 Å². The lowest BCUT2D eigenvalue weighted by molar-refractivity contribution is -0.384. The van der Waals surface area contributed by atoms with E-state index < -0.39 is 10.8 Å². The molecule has 0 aliphatic heterocycles. The van der Waals surface area contributed by atoms with Crippen LogP contribution in [-0.4, -0.2) is 24.5 Å². The Bertz CT molecular complexity index is 774. The Morgan fingerprint density at radius 1 is 1.20 bits per heavy atom. The van der Waals surface area contributed by atoms with Gasteiger partial charge in [0.2, 0.25) is 0 Å². The molecule has 7 nitrogen and oxygen atoms in total. The first-order valence-electron chi connectivity index (χ1n) is 7.76. The van der Waals surface area contributed by atoms with Crippen molar-refractivity contribution in [2.75, 3.05) is 19.0 Å². The van der Waals surface area contributed by atoms with Crippen molar-refractivity contribution in [2.24, 2.45) is 0 Å². The van der Waals surface area contributed by atoms with Gasteiger partial charge in [0, 0.05) is 12.1 Å². The Balaban J connectivity index is 2.08. The largest absolute Gasteiger partial charge is 0.495 e. The first-order chi connectivity index (χ1) is 11.9. The van der Waals surface area contributed by atoms with Crippen LogP contribution >= 0.6 is 0 Å². The number of anilines is 1. The fourth-order valence-electron chi connectivity index (χ4n) is 2.33. The molecule has 0 heterocycles. The summed E-state index contributed by atoms with van der Waals surface area (Å²) in [5.74, 6) is 0.800. The molecule has 132 valence electrons. The van der Waals surface area contributed by atoms with E-state index in [-0.39, 0.29) is 23.9 Å². The van der Waals surface area contributed by atoms with E-state index in [4.69, 9.17) is 9.47 Å². The number of nitro benzene ring substituents is 1. The zero-order valence-electron chi connectivity index (χ0n) is 14.3. The number of nitrogens with one attached hydrogen (secondary N) is 1. The molecule has 0 spiro atoms. The van der Waals surface area contributed by atoms with Gasteiger partial charge in [-0.25, -0.2) is 0 Å². The van der Waals surface area contributed by atoms with E-state index in [1.807, 2.05) is 32.0 Å². The van der Waals surface area contributed by atoms with Crippen molar-refractivity contribution in [1.29, 1.82) is 0 Å². The Hall–Kier alpha value is -3.09. The second-order valence-electron chi connectivity index (χ2n) is 5.67. The summed E-state index contributed by atoms with van der Waals surface area (Å²) in [6.07, 6.45) is 0. The number of methoxy groups -OCH3 is 1. The predicted octanol–water partition coefficient (Wildman–Crippen LogP) is 3.74. The SMILES string of the molecule is COc1ccc([N+](=O)[O-])cc1NC(=O)COc1ccccc1C(C)C. The molecule has 0 bridgehead atoms. The minimum atomic E-state index is -0.537. The van der Waals surface area contributed by atoms with Gasteiger partial charge in [-0.05, 0) is 23.6 Å². The molecule has 0 aromatic heterocycles. The molecule has 2 aromatic rings. The maximum absolute atomic E-state index is 12.2. The number of para-hydroxylation sites is 1. The van der Waals surface area contributed by atoms with Crippen LogP contribution in [0.15, 0.2) is 42.5 Å². The van der Waals surface area contributed by atoms with Gasteiger partial charge in [-0.1, -0.05) is 32.0 Å². The highest BCUT2D eigenvalue weighted by Crippen LogP contribution is 2.29.